The zero-order valence-electron chi connectivity index (χ0n) is 85.2. The van der Waals surface area contributed by atoms with Gasteiger partial charge in [0.05, 0.1) is 76.7 Å². The second kappa shape index (κ2) is 64.2. The van der Waals surface area contributed by atoms with Crippen LogP contribution in [0.4, 0.5) is 0 Å². The van der Waals surface area contributed by atoms with Crippen molar-refractivity contribution in [2.75, 3.05) is 46.2 Å². The topological polar surface area (TPSA) is 739 Å². The number of amides is 3. The van der Waals surface area contributed by atoms with Crippen LogP contribution in [0.5, 0.6) is 0 Å². The van der Waals surface area contributed by atoms with Crippen LogP contribution in [0.1, 0.15) is 254 Å². The molecule has 0 radical (unpaired) electrons. The monoisotopic (exact) mass is 2110 g/mol. The van der Waals surface area contributed by atoms with Crippen LogP contribution < -0.4 is 16.0 Å². The molecule has 0 aromatic rings. The number of rotatable bonds is 62. The van der Waals surface area contributed by atoms with E-state index in [4.69, 9.17) is 85.3 Å². The number of hydrogen-bond acceptors (Lipinski definition) is 45. The summed E-state index contributed by atoms with van der Waals surface area (Å²) in [7, 11) is 0. The first-order valence-corrected chi connectivity index (χ1v) is 53.1. The van der Waals surface area contributed by atoms with E-state index in [9.17, 15) is 137 Å². The molecular formula is C98H175N3O45. The summed E-state index contributed by atoms with van der Waals surface area (Å²) in [4.78, 5) is 41.2. The molecular weight excluding hydrogens is 1940 g/mol. The normalized spacial score (nSPS) is 40.9. The molecule has 9 heterocycles. The zero-order valence-corrected chi connectivity index (χ0v) is 85.2. The molecule has 47 atom stereocenters. The van der Waals surface area contributed by atoms with Crippen LogP contribution in [0.3, 0.4) is 0 Å². The molecule has 146 heavy (non-hydrogen) atoms. The van der Waals surface area contributed by atoms with Crippen molar-refractivity contribution in [2.45, 2.75) is 542 Å². The van der Waals surface area contributed by atoms with Crippen molar-refractivity contribution in [3.63, 3.8) is 0 Å². The summed E-state index contributed by atoms with van der Waals surface area (Å²) in [6, 6.07) is -5.22. The van der Waals surface area contributed by atoms with Crippen molar-refractivity contribution < 1.29 is 222 Å². The Morgan fingerprint density at radius 1 is 0.281 bits per heavy atom. The standard InChI is InChI=1S/C98H175N3O45/c1-8-10-12-14-16-18-20-22-23-24-25-26-27-29-31-33-35-37-39-41-62(111)101-54(55(110)40-38-36-34-32-30-28-21-19-17-15-13-11-9-2)48-129-92-79(126)75(122)82(59(45-105)138-92)139-96-80(127)87(69(116)57(43-103)133-96)144-90-63(99-52(6)108)85(142-93-76(123)71(118)65(112)49(3)130-93)83(60(46-106)136-90)140-97-81(128)88(70(117)58(44-104)134-97)145-91-64(100-53(7)109)86(143-94-77(124)72(119)66(113)50(4)131-94)84(61(47-107)137-91)141-98-89(74(121)68(115)56(42-102)135-98)146-95-78(125)73(120)67(114)51(5)132-95/h38,40,49-51,54-61,63-98,102-107,110,112-128H,8-37,39,41-48H2,1-7H3,(H,99,108)(H,100,109)(H,101,111)/b40-38+/t49?,50?,51?,54-,55+,56?,57?,58?,59?,60?,61?,63?,64?,65+,66+,67+,68-,69-,70-,71?,72?,73?,74-,75+,76-,77-,78-,79?,80?,81?,82+,83+,84+,85+,86+,87-,88-,89?,90-,91-,92+,93+,94+,95+,96-,97-,98-/m0/s1. The summed E-state index contributed by atoms with van der Waals surface area (Å²) in [5.41, 5.74) is 0. The number of aliphatic hydroxyl groups is 24. The fraction of sp³-hybridized carbons (Fsp3) is 0.949. The van der Waals surface area contributed by atoms with Gasteiger partial charge >= 0.3 is 0 Å². The van der Waals surface area contributed by atoms with E-state index in [0.717, 1.165) is 71.6 Å². The molecule has 9 aliphatic rings. The van der Waals surface area contributed by atoms with Gasteiger partial charge in [0.15, 0.2) is 56.6 Å². The molecule has 0 aliphatic carbocycles. The average Bonchev–Trinajstić information content (AvgIpc) is 0.747. The van der Waals surface area contributed by atoms with Gasteiger partial charge < -0.3 is 224 Å². The highest BCUT2D eigenvalue weighted by Gasteiger charge is 2.62. The molecule has 0 spiro atoms. The molecule has 9 aliphatic heterocycles. The van der Waals surface area contributed by atoms with E-state index in [1.54, 1.807) is 6.08 Å². The number of allylic oxidation sites excluding steroid dienone is 1. The molecule has 0 aromatic carbocycles. The predicted octanol–water partition coefficient (Wildman–Crippen LogP) is -4.31. The predicted molar refractivity (Wildman–Crippen MR) is 506 cm³/mol. The van der Waals surface area contributed by atoms with Gasteiger partial charge in [-0.2, -0.15) is 0 Å². The maximum Gasteiger partial charge on any atom is 0.220 e. The summed E-state index contributed by atoms with van der Waals surface area (Å²) in [6.45, 7) is 2.73. The van der Waals surface area contributed by atoms with Gasteiger partial charge in [0.1, 0.15) is 201 Å². The smallest absolute Gasteiger partial charge is 0.220 e. The minimum atomic E-state index is -2.51. The second-order valence-corrected chi connectivity index (χ2v) is 40.4. The molecule has 0 saturated carbocycles. The van der Waals surface area contributed by atoms with E-state index in [2.05, 4.69) is 29.8 Å². The Morgan fingerprint density at radius 2 is 0.562 bits per heavy atom. The highest BCUT2D eigenvalue weighted by Crippen LogP contribution is 2.43. The summed E-state index contributed by atoms with van der Waals surface area (Å²) in [5.74, 6) is -2.37. The summed E-state index contributed by atoms with van der Waals surface area (Å²) < 4.78 is 111. The molecule has 18 unspecified atom stereocenters. The van der Waals surface area contributed by atoms with Gasteiger partial charge in [0.2, 0.25) is 17.7 Å². The van der Waals surface area contributed by atoms with Gasteiger partial charge in [0.25, 0.3) is 0 Å². The van der Waals surface area contributed by atoms with Gasteiger partial charge in [0, 0.05) is 20.3 Å². The maximum absolute atomic E-state index is 13.8. The fourth-order valence-electron chi connectivity index (χ4n) is 20.1. The van der Waals surface area contributed by atoms with Gasteiger partial charge in [-0.3, -0.25) is 14.4 Å². The van der Waals surface area contributed by atoms with Crippen LogP contribution in [0.2, 0.25) is 0 Å². The molecule has 9 saturated heterocycles. The quantitative estimate of drug-likeness (QED) is 0.0202. The molecule has 48 heteroatoms. The van der Waals surface area contributed by atoms with Gasteiger partial charge in [-0.05, 0) is 40.0 Å². The first kappa shape index (κ1) is 126. The van der Waals surface area contributed by atoms with Gasteiger partial charge in [-0.1, -0.05) is 206 Å². The third-order valence-corrected chi connectivity index (χ3v) is 29.0. The van der Waals surface area contributed by atoms with Crippen molar-refractivity contribution in [2.24, 2.45) is 0 Å². The lowest BCUT2D eigenvalue weighted by molar-refractivity contribution is -0.404. The first-order valence-electron chi connectivity index (χ1n) is 53.1. The Bertz CT molecular complexity index is 3630. The van der Waals surface area contributed by atoms with Crippen LogP contribution >= 0.6 is 0 Å². The number of ether oxygens (including phenoxy) is 18. The van der Waals surface area contributed by atoms with Gasteiger partial charge in [-0.25, -0.2) is 0 Å². The Kier molecular flexibility index (Phi) is 55.4. The average molecular weight is 2120 g/mol. The van der Waals surface area contributed by atoms with Crippen LogP contribution in [-0.4, -0.2) is 475 Å². The van der Waals surface area contributed by atoms with E-state index in [0.29, 0.717) is 12.8 Å². The first-order chi connectivity index (χ1) is 69.9. The highest BCUT2D eigenvalue weighted by atomic mass is 16.8. The lowest BCUT2D eigenvalue weighted by Gasteiger charge is -2.53. The van der Waals surface area contributed by atoms with E-state index in [-0.39, 0.29) is 12.3 Å². The fourth-order valence-corrected chi connectivity index (χ4v) is 20.1. The molecule has 0 bridgehead atoms. The van der Waals surface area contributed by atoms with Gasteiger partial charge in [-0.15, -0.1) is 0 Å². The van der Waals surface area contributed by atoms with Crippen molar-refractivity contribution in [1.29, 1.82) is 0 Å². The minimum Gasteiger partial charge on any atom is -0.394 e. The van der Waals surface area contributed by atoms with Crippen molar-refractivity contribution in [1.82, 2.24) is 16.0 Å². The number of carbonyl (C=O) groups is 3. The molecule has 852 valence electrons. The lowest BCUT2D eigenvalue weighted by atomic mass is 9.93. The van der Waals surface area contributed by atoms with E-state index >= 15 is 0 Å². The molecule has 9 fully saturated rings. The number of carbonyl (C=O) groups excluding carboxylic acids is 3. The van der Waals surface area contributed by atoms with Crippen LogP contribution in [-0.2, 0) is 99.6 Å². The molecule has 0 aromatic heterocycles. The van der Waals surface area contributed by atoms with Crippen LogP contribution in [0.25, 0.3) is 0 Å². The zero-order chi connectivity index (χ0) is 107. The lowest BCUT2D eigenvalue weighted by Crippen LogP contribution is -2.72. The SMILES string of the molecule is CCCCCCCCCCCCC/C=C/[C@@H](O)[C@H](CO[C@@H]1OC(CO)[C@@H](O[C@@H]2OC(CO)[C@H](O)[C@H](O[C@@H]3OC(CO)[C@@H](O[C@@H]4OC(CO)[C@H](O)[C@H](O[C@@H]5OC(CO)[C@@H](O[C@@H]6OC(CO)[C@H](O)[C@H](O)C6O[C@H]6OC(C)[C@@H](O)C(O)[C@@H]6O)[C@H](O[C@H]6OC(C)[C@@H](O)C(O)[C@@H]6O)C5NC(C)=O)C4O)[C@H](O[C@H]4OC(C)[C@@H](O)C(O)[C@@H]4O)C3NC(C)=O)C2O)[C@H](O)C1O)NC(=O)CCCCCCCCCCCCCCCCCCCCC. The third kappa shape index (κ3) is 35.5. The van der Waals surface area contributed by atoms with Crippen molar-refractivity contribution >= 4 is 17.7 Å². The molecule has 3 amide bonds. The van der Waals surface area contributed by atoms with E-state index in [1.807, 2.05) is 6.08 Å². The highest BCUT2D eigenvalue weighted by molar-refractivity contribution is 5.76. The second-order valence-electron chi connectivity index (χ2n) is 40.4. The summed E-state index contributed by atoms with van der Waals surface area (Å²) in [6.07, 6.45) is -49.4. The van der Waals surface area contributed by atoms with E-state index in [1.165, 1.54) is 149 Å². The van der Waals surface area contributed by atoms with Crippen LogP contribution in [0.15, 0.2) is 12.2 Å². The Hall–Kier alpha value is -3.53. The molecule has 48 nitrogen and oxygen atoms in total. The minimum absolute atomic E-state index is 0.133. The largest absolute Gasteiger partial charge is 0.394 e. The Balaban J connectivity index is 0.922. The Labute approximate surface area is 853 Å². The molecule has 27 N–H and O–H groups in total. The maximum atomic E-state index is 13.8. The number of hydrogen-bond donors (Lipinski definition) is 27. The number of nitrogens with one attached hydrogen (secondary N) is 3. The van der Waals surface area contributed by atoms with E-state index < -0.39 is 346 Å². The van der Waals surface area contributed by atoms with Crippen molar-refractivity contribution in [3.8, 4) is 0 Å². The third-order valence-electron chi connectivity index (χ3n) is 29.0. The number of unbranched alkanes of at least 4 members (excludes halogenated alkanes) is 29. The molecule has 9 rings (SSSR count). The van der Waals surface area contributed by atoms with Crippen molar-refractivity contribution in [3.05, 3.63) is 12.2 Å². The summed E-state index contributed by atoms with van der Waals surface area (Å²) in [5, 5.41) is 282. The number of aliphatic hydroxyl groups excluding tert-OH is 24. The summed E-state index contributed by atoms with van der Waals surface area (Å²) >= 11 is 0. The Morgan fingerprint density at radius 3 is 0.932 bits per heavy atom. The van der Waals surface area contributed by atoms with Crippen LogP contribution in [0, 0.1) is 0 Å².